The van der Waals surface area contributed by atoms with Crippen molar-refractivity contribution in [2.24, 2.45) is 40.4 Å². The summed E-state index contributed by atoms with van der Waals surface area (Å²) in [6.45, 7) is 6.88. The van der Waals surface area contributed by atoms with E-state index in [-0.39, 0.29) is 11.3 Å². The molecule has 0 aromatic rings. The Balaban J connectivity index is 1.66. The number of hydrogen-bond donors (Lipinski definition) is 0. The SMILES string of the molecule is C[C@H]1C[C@H]2[C@@H]3CC[C@H]4CC(=O)CC[C@]4(C)[C@H]3CC[C@]2(C)C1=O. The molecule has 0 aromatic carbocycles. The molecule has 4 saturated carbocycles. The van der Waals surface area contributed by atoms with Gasteiger partial charge in [-0.2, -0.15) is 0 Å². The number of fused-ring (bicyclic) bond motifs is 5. The quantitative estimate of drug-likeness (QED) is 0.664. The molecule has 4 aliphatic carbocycles. The fourth-order valence-corrected chi connectivity index (χ4v) is 7.16. The topological polar surface area (TPSA) is 34.1 Å². The molecular weight excluding hydrogens is 272 g/mol. The summed E-state index contributed by atoms with van der Waals surface area (Å²) >= 11 is 0. The van der Waals surface area contributed by atoms with Gasteiger partial charge in [-0.15, -0.1) is 0 Å². The number of carbonyl (C=O) groups excluding carboxylic acids is 2. The largest absolute Gasteiger partial charge is 0.300 e. The number of hydrogen-bond acceptors (Lipinski definition) is 2. The summed E-state index contributed by atoms with van der Waals surface area (Å²) in [6, 6.07) is 0. The Morgan fingerprint density at radius 2 is 1.77 bits per heavy atom. The first-order valence-corrected chi connectivity index (χ1v) is 9.42. The Labute approximate surface area is 134 Å². The van der Waals surface area contributed by atoms with E-state index in [1.54, 1.807) is 0 Å². The summed E-state index contributed by atoms with van der Waals surface area (Å²) in [5.41, 5.74) is 0.335. The van der Waals surface area contributed by atoms with Crippen LogP contribution in [-0.4, -0.2) is 11.6 Å². The molecule has 0 aliphatic heterocycles. The third kappa shape index (κ3) is 1.79. The van der Waals surface area contributed by atoms with Crippen molar-refractivity contribution >= 4 is 11.6 Å². The van der Waals surface area contributed by atoms with Gasteiger partial charge in [-0.25, -0.2) is 0 Å². The molecule has 4 rings (SSSR count). The molecule has 22 heavy (non-hydrogen) atoms. The van der Waals surface area contributed by atoms with Crippen molar-refractivity contribution in [2.45, 2.75) is 72.1 Å². The van der Waals surface area contributed by atoms with Gasteiger partial charge in [-0.3, -0.25) is 9.59 Å². The van der Waals surface area contributed by atoms with E-state index < -0.39 is 0 Å². The molecular formula is C20H30O2. The summed E-state index contributed by atoms with van der Waals surface area (Å²) in [5.74, 6) is 4.04. The van der Waals surface area contributed by atoms with Crippen molar-refractivity contribution in [2.75, 3.05) is 0 Å². The molecule has 2 nitrogen and oxygen atoms in total. The third-order valence-electron chi connectivity index (χ3n) is 8.49. The van der Waals surface area contributed by atoms with Crippen molar-refractivity contribution in [1.82, 2.24) is 0 Å². The van der Waals surface area contributed by atoms with Crippen molar-refractivity contribution < 1.29 is 9.59 Å². The van der Waals surface area contributed by atoms with Gasteiger partial charge >= 0.3 is 0 Å². The van der Waals surface area contributed by atoms with Crippen LogP contribution in [-0.2, 0) is 9.59 Å². The maximum atomic E-state index is 12.7. The minimum atomic E-state index is -0.0335. The van der Waals surface area contributed by atoms with Gasteiger partial charge in [-0.1, -0.05) is 20.8 Å². The van der Waals surface area contributed by atoms with Crippen molar-refractivity contribution in [3.05, 3.63) is 0 Å². The normalized spacial score (nSPS) is 54.6. The highest BCUT2D eigenvalue weighted by atomic mass is 16.1. The lowest BCUT2D eigenvalue weighted by Gasteiger charge is -2.59. The first-order chi connectivity index (χ1) is 10.4. The van der Waals surface area contributed by atoms with Crippen LogP contribution in [0.1, 0.15) is 72.1 Å². The van der Waals surface area contributed by atoms with E-state index in [1.807, 2.05) is 0 Å². The molecule has 2 heteroatoms. The Morgan fingerprint density at radius 1 is 1.00 bits per heavy atom. The Morgan fingerprint density at radius 3 is 2.55 bits per heavy atom. The summed E-state index contributed by atoms with van der Waals surface area (Å²) in [5, 5.41) is 0. The van der Waals surface area contributed by atoms with Crippen molar-refractivity contribution in [3.63, 3.8) is 0 Å². The van der Waals surface area contributed by atoms with E-state index in [9.17, 15) is 9.59 Å². The van der Waals surface area contributed by atoms with Crippen molar-refractivity contribution in [1.29, 1.82) is 0 Å². The zero-order valence-electron chi connectivity index (χ0n) is 14.4. The molecule has 0 radical (unpaired) electrons. The summed E-state index contributed by atoms with van der Waals surface area (Å²) in [4.78, 5) is 24.6. The number of rotatable bonds is 0. The molecule has 0 spiro atoms. The Bertz CT molecular complexity index is 524. The van der Waals surface area contributed by atoms with Gasteiger partial charge in [0, 0.05) is 24.2 Å². The zero-order valence-corrected chi connectivity index (χ0v) is 14.4. The van der Waals surface area contributed by atoms with E-state index in [4.69, 9.17) is 0 Å². The van der Waals surface area contributed by atoms with Gasteiger partial charge < -0.3 is 0 Å². The first-order valence-electron chi connectivity index (χ1n) is 9.42. The molecule has 4 aliphatic rings. The molecule has 0 amide bonds. The van der Waals surface area contributed by atoms with Gasteiger partial charge in [0.05, 0.1) is 0 Å². The minimum absolute atomic E-state index is 0.0335. The average Bonchev–Trinajstić information content (AvgIpc) is 2.72. The number of carbonyl (C=O) groups is 2. The lowest BCUT2D eigenvalue weighted by molar-refractivity contribution is -0.144. The van der Waals surface area contributed by atoms with Crippen LogP contribution in [0.25, 0.3) is 0 Å². The fourth-order valence-electron chi connectivity index (χ4n) is 7.16. The van der Waals surface area contributed by atoms with E-state index in [2.05, 4.69) is 20.8 Å². The monoisotopic (exact) mass is 302 g/mol. The fraction of sp³-hybridized carbons (Fsp3) is 0.900. The lowest BCUT2D eigenvalue weighted by Crippen LogP contribution is -2.53. The molecule has 4 fully saturated rings. The maximum Gasteiger partial charge on any atom is 0.141 e. The van der Waals surface area contributed by atoms with Gasteiger partial charge in [0.25, 0.3) is 0 Å². The number of ketones is 2. The molecule has 0 bridgehead atoms. The lowest BCUT2D eigenvalue weighted by atomic mass is 9.45. The number of Topliss-reactive ketones (excluding diaryl/α,β-unsaturated/α-hetero) is 2. The first kappa shape index (κ1) is 14.9. The second-order valence-electron chi connectivity index (χ2n) is 9.36. The van der Waals surface area contributed by atoms with Gasteiger partial charge in [0.1, 0.15) is 11.6 Å². The second kappa shape index (κ2) is 4.68. The summed E-state index contributed by atoms with van der Waals surface area (Å²) < 4.78 is 0. The minimum Gasteiger partial charge on any atom is -0.300 e. The molecule has 0 saturated heterocycles. The molecule has 0 unspecified atom stereocenters. The van der Waals surface area contributed by atoms with E-state index in [1.165, 1.54) is 19.3 Å². The smallest absolute Gasteiger partial charge is 0.141 e. The molecule has 0 heterocycles. The third-order valence-corrected chi connectivity index (χ3v) is 8.49. The van der Waals surface area contributed by atoms with Crippen LogP contribution in [0.4, 0.5) is 0 Å². The molecule has 0 aromatic heterocycles. The van der Waals surface area contributed by atoms with Crippen LogP contribution >= 0.6 is 0 Å². The van der Waals surface area contributed by atoms with Gasteiger partial charge in [0.15, 0.2) is 0 Å². The second-order valence-corrected chi connectivity index (χ2v) is 9.36. The van der Waals surface area contributed by atoms with Crippen LogP contribution in [0.15, 0.2) is 0 Å². The average molecular weight is 302 g/mol. The van der Waals surface area contributed by atoms with Gasteiger partial charge in [0.2, 0.25) is 0 Å². The predicted octanol–water partition coefficient (Wildman–Crippen LogP) is 4.41. The van der Waals surface area contributed by atoms with Crippen LogP contribution in [0.2, 0.25) is 0 Å². The van der Waals surface area contributed by atoms with Crippen LogP contribution in [0.3, 0.4) is 0 Å². The molecule has 7 atom stereocenters. The highest BCUT2D eigenvalue weighted by Gasteiger charge is 2.61. The molecule has 0 N–H and O–H groups in total. The standard InChI is InChI=1S/C20H30O2/c1-12-10-17-15-5-4-13-11-14(21)6-8-19(13,2)16(15)7-9-20(17,3)18(12)22/h12-13,15-17H,4-11H2,1-3H3/t12-,13-,15+,16-,17-,19-,20-/m0/s1. The summed E-state index contributed by atoms with van der Waals surface area (Å²) in [6.07, 6.45) is 8.65. The zero-order chi connectivity index (χ0) is 15.7. The molecule has 122 valence electrons. The van der Waals surface area contributed by atoms with Crippen LogP contribution < -0.4 is 0 Å². The highest BCUT2D eigenvalue weighted by molar-refractivity contribution is 5.89. The Kier molecular flexibility index (Phi) is 3.17. The van der Waals surface area contributed by atoms with Gasteiger partial charge in [-0.05, 0) is 67.6 Å². The van der Waals surface area contributed by atoms with E-state index in [0.717, 1.165) is 43.9 Å². The predicted molar refractivity (Wildman–Crippen MR) is 86.3 cm³/mol. The van der Waals surface area contributed by atoms with E-state index >= 15 is 0 Å². The van der Waals surface area contributed by atoms with E-state index in [0.29, 0.717) is 28.8 Å². The van der Waals surface area contributed by atoms with Crippen molar-refractivity contribution in [3.8, 4) is 0 Å². The summed E-state index contributed by atoms with van der Waals surface area (Å²) in [7, 11) is 0. The van der Waals surface area contributed by atoms with Crippen LogP contribution in [0.5, 0.6) is 0 Å². The highest BCUT2D eigenvalue weighted by Crippen LogP contribution is 2.65. The Hall–Kier alpha value is -0.660. The maximum absolute atomic E-state index is 12.7. The van der Waals surface area contributed by atoms with Crippen LogP contribution in [0, 0.1) is 40.4 Å².